The molecular weight excluding hydrogens is 233 g/mol. The van der Waals surface area contributed by atoms with E-state index in [9.17, 15) is 9.50 Å². The Labute approximate surface area is 107 Å². The first-order chi connectivity index (χ1) is 8.70. The summed E-state index contributed by atoms with van der Waals surface area (Å²) in [5, 5.41) is 9.43. The van der Waals surface area contributed by atoms with Crippen molar-refractivity contribution in [2.45, 2.75) is 6.42 Å². The molecule has 0 amide bonds. The van der Waals surface area contributed by atoms with E-state index in [-0.39, 0.29) is 24.1 Å². The largest absolute Gasteiger partial charge is 0.490 e. The lowest BCUT2D eigenvalue weighted by Crippen LogP contribution is -2.27. The molecule has 1 aromatic rings. The summed E-state index contributed by atoms with van der Waals surface area (Å²) in [4.78, 5) is 2.25. The molecule has 1 fully saturated rings. The van der Waals surface area contributed by atoms with Gasteiger partial charge in [0.1, 0.15) is 0 Å². The summed E-state index contributed by atoms with van der Waals surface area (Å²) < 4.78 is 18.9. The highest BCUT2D eigenvalue weighted by Crippen LogP contribution is 2.24. The molecule has 1 saturated heterocycles. The number of benzene rings is 1. The Kier molecular flexibility index (Phi) is 4.55. The second kappa shape index (κ2) is 6.16. The number of aliphatic hydroxyl groups excluding tert-OH is 1. The highest BCUT2D eigenvalue weighted by molar-refractivity contribution is 5.23. The molecule has 4 heteroatoms. The zero-order chi connectivity index (χ0) is 13.0. The molecule has 1 aliphatic heterocycles. The zero-order valence-electron chi connectivity index (χ0n) is 10.7. The summed E-state index contributed by atoms with van der Waals surface area (Å²) in [6.07, 6.45) is 1.07. The van der Waals surface area contributed by atoms with E-state index in [1.54, 1.807) is 18.2 Å². The smallest absolute Gasteiger partial charge is 0.165 e. The van der Waals surface area contributed by atoms with Gasteiger partial charge in [0.25, 0.3) is 0 Å². The predicted octanol–water partition coefficient (Wildman–Crippen LogP) is 1.76. The Morgan fingerprint density at radius 1 is 1.50 bits per heavy atom. The summed E-state index contributed by atoms with van der Waals surface area (Å²) in [6.45, 7) is 2.50. The van der Waals surface area contributed by atoms with Crippen LogP contribution in [0.25, 0.3) is 0 Å². The Bertz CT molecular complexity index is 386. The van der Waals surface area contributed by atoms with E-state index in [1.165, 1.54) is 6.07 Å². The zero-order valence-corrected chi connectivity index (χ0v) is 10.7. The standard InChI is InChI=1S/C14H20FNO2/c1-16-7-6-11(8-16)12(9-17)10-18-14-5-3-2-4-13(14)15/h2-5,11-12,17H,6-10H2,1H3. The molecule has 100 valence electrons. The molecule has 2 rings (SSSR count). The van der Waals surface area contributed by atoms with Crippen LogP contribution in [0.5, 0.6) is 5.75 Å². The van der Waals surface area contributed by atoms with Gasteiger partial charge in [0, 0.05) is 19.1 Å². The Hall–Kier alpha value is -1.13. The van der Waals surface area contributed by atoms with Crippen LogP contribution in [-0.4, -0.2) is 43.4 Å². The number of nitrogens with zero attached hydrogens (tertiary/aromatic N) is 1. The van der Waals surface area contributed by atoms with Gasteiger partial charge >= 0.3 is 0 Å². The van der Waals surface area contributed by atoms with Crippen LogP contribution < -0.4 is 4.74 Å². The van der Waals surface area contributed by atoms with Crippen LogP contribution in [0, 0.1) is 17.7 Å². The van der Waals surface area contributed by atoms with Crippen LogP contribution in [0.2, 0.25) is 0 Å². The maximum atomic E-state index is 13.4. The van der Waals surface area contributed by atoms with Gasteiger partial charge < -0.3 is 14.7 Å². The molecule has 2 unspecified atom stereocenters. The number of likely N-dealkylation sites (tertiary alicyclic amines) is 1. The average Bonchev–Trinajstić information content (AvgIpc) is 2.79. The topological polar surface area (TPSA) is 32.7 Å². The highest BCUT2D eigenvalue weighted by atomic mass is 19.1. The van der Waals surface area contributed by atoms with Gasteiger partial charge in [-0.2, -0.15) is 0 Å². The van der Waals surface area contributed by atoms with Crippen molar-refractivity contribution in [3.63, 3.8) is 0 Å². The molecule has 0 spiro atoms. The quantitative estimate of drug-likeness (QED) is 0.868. The van der Waals surface area contributed by atoms with Crippen LogP contribution in [0.15, 0.2) is 24.3 Å². The summed E-state index contributed by atoms with van der Waals surface area (Å²) in [6, 6.07) is 6.38. The first-order valence-corrected chi connectivity index (χ1v) is 6.37. The van der Waals surface area contributed by atoms with Crippen molar-refractivity contribution in [1.29, 1.82) is 0 Å². The summed E-state index contributed by atoms with van der Waals surface area (Å²) in [5.41, 5.74) is 0. The predicted molar refractivity (Wildman–Crippen MR) is 68.1 cm³/mol. The molecule has 0 bridgehead atoms. The minimum atomic E-state index is -0.349. The lowest BCUT2D eigenvalue weighted by molar-refractivity contribution is 0.117. The molecule has 0 radical (unpaired) electrons. The van der Waals surface area contributed by atoms with Crippen molar-refractivity contribution in [3.8, 4) is 5.75 Å². The van der Waals surface area contributed by atoms with E-state index in [2.05, 4.69) is 11.9 Å². The molecule has 1 N–H and O–H groups in total. The maximum absolute atomic E-state index is 13.4. The van der Waals surface area contributed by atoms with Gasteiger partial charge in [-0.05, 0) is 38.1 Å². The monoisotopic (exact) mass is 253 g/mol. The minimum absolute atomic E-state index is 0.0783. The highest BCUT2D eigenvalue weighted by Gasteiger charge is 2.27. The number of aliphatic hydroxyl groups is 1. The molecule has 0 aromatic heterocycles. The Balaban J connectivity index is 1.89. The minimum Gasteiger partial charge on any atom is -0.490 e. The molecule has 2 atom stereocenters. The number of halogens is 1. The summed E-state index contributed by atoms with van der Waals surface area (Å²) in [7, 11) is 2.08. The second-order valence-corrected chi connectivity index (χ2v) is 5.00. The van der Waals surface area contributed by atoms with Crippen LogP contribution in [0.4, 0.5) is 4.39 Å². The normalized spacial score (nSPS) is 22.1. The van der Waals surface area contributed by atoms with Gasteiger partial charge in [-0.25, -0.2) is 4.39 Å². The first kappa shape index (κ1) is 13.3. The Morgan fingerprint density at radius 3 is 2.89 bits per heavy atom. The van der Waals surface area contributed by atoms with Crippen molar-refractivity contribution in [2.24, 2.45) is 11.8 Å². The van der Waals surface area contributed by atoms with Crippen LogP contribution in [-0.2, 0) is 0 Å². The maximum Gasteiger partial charge on any atom is 0.165 e. The van der Waals surface area contributed by atoms with E-state index >= 15 is 0 Å². The van der Waals surface area contributed by atoms with E-state index in [1.807, 2.05) is 0 Å². The summed E-state index contributed by atoms with van der Waals surface area (Å²) in [5.74, 6) is 0.432. The number of para-hydroxylation sites is 1. The van der Waals surface area contributed by atoms with Gasteiger partial charge in [-0.1, -0.05) is 12.1 Å². The molecule has 0 saturated carbocycles. The van der Waals surface area contributed by atoms with Crippen LogP contribution in [0.1, 0.15) is 6.42 Å². The fraction of sp³-hybridized carbons (Fsp3) is 0.571. The van der Waals surface area contributed by atoms with Gasteiger partial charge in [-0.15, -0.1) is 0 Å². The third kappa shape index (κ3) is 3.21. The molecule has 1 aliphatic rings. The summed E-state index contributed by atoms with van der Waals surface area (Å²) >= 11 is 0. The number of hydrogen-bond donors (Lipinski definition) is 1. The molecule has 3 nitrogen and oxygen atoms in total. The van der Waals surface area contributed by atoms with Crippen molar-refractivity contribution >= 4 is 0 Å². The molecule has 0 aliphatic carbocycles. The van der Waals surface area contributed by atoms with Crippen LogP contribution >= 0.6 is 0 Å². The lowest BCUT2D eigenvalue weighted by Gasteiger charge is -2.21. The van der Waals surface area contributed by atoms with E-state index in [0.717, 1.165) is 19.5 Å². The molecule has 1 aromatic carbocycles. The molecule has 18 heavy (non-hydrogen) atoms. The van der Waals surface area contributed by atoms with E-state index < -0.39 is 0 Å². The number of ether oxygens (including phenoxy) is 1. The van der Waals surface area contributed by atoms with Gasteiger partial charge in [-0.3, -0.25) is 0 Å². The third-order valence-corrected chi connectivity index (χ3v) is 3.62. The van der Waals surface area contributed by atoms with E-state index in [4.69, 9.17) is 4.74 Å². The van der Waals surface area contributed by atoms with E-state index in [0.29, 0.717) is 12.5 Å². The van der Waals surface area contributed by atoms with Crippen molar-refractivity contribution < 1.29 is 14.2 Å². The number of rotatable bonds is 5. The van der Waals surface area contributed by atoms with Crippen molar-refractivity contribution in [1.82, 2.24) is 4.90 Å². The molecule has 1 heterocycles. The van der Waals surface area contributed by atoms with Gasteiger partial charge in [0.15, 0.2) is 11.6 Å². The number of hydrogen-bond acceptors (Lipinski definition) is 3. The SMILES string of the molecule is CN1CCC(C(CO)COc2ccccc2F)C1. The fourth-order valence-corrected chi connectivity index (χ4v) is 2.45. The van der Waals surface area contributed by atoms with Crippen molar-refractivity contribution in [3.05, 3.63) is 30.1 Å². The third-order valence-electron chi connectivity index (χ3n) is 3.62. The van der Waals surface area contributed by atoms with Gasteiger partial charge in [0.05, 0.1) is 6.61 Å². The second-order valence-electron chi connectivity index (χ2n) is 5.00. The van der Waals surface area contributed by atoms with Crippen LogP contribution in [0.3, 0.4) is 0 Å². The van der Waals surface area contributed by atoms with Gasteiger partial charge in [0.2, 0.25) is 0 Å². The first-order valence-electron chi connectivity index (χ1n) is 6.37. The Morgan fingerprint density at radius 2 is 2.28 bits per heavy atom. The average molecular weight is 253 g/mol. The molecular formula is C14H20FNO2. The fourth-order valence-electron chi connectivity index (χ4n) is 2.45. The lowest BCUT2D eigenvalue weighted by atomic mass is 9.93. The van der Waals surface area contributed by atoms with Crippen molar-refractivity contribution in [2.75, 3.05) is 33.4 Å².